The standard InChI is InChI=1S/C10H11NO3S/c12-9-2-1-8(10(13)14)11(9)5-7-3-4-15-6-7/h3-4,6,8H,1-2,5H2,(H,13,14)/t8-/m0/s1. The van der Waals surface area contributed by atoms with Crippen molar-refractivity contribution in [3.8, 4) is 0 Å². The van der Waals surface area contributed by atoms with Gasteiger partial charge in [0.25, 0.3) is 0 Å². The molecule has 1 aromatic rings. The molecule has 0 aliphatic carbocycles. The van der Waals surface area contributed by atoms with Crippen LogP contribution in [-0.4, -0.2) is 27.9 Å². The maximum Gasteiger partial charge on any atom is 0.326 e. The lowest BCUT2D eigenvalue weighted by atomic mass is 10.2. The summed E-state index contributed by atoms with van der Waals surface area (Å²) in [5, 5.41) is 12.8. The average Bonchev–Trinajstić information content (AvgIpc) is 2.78. The summed E-state index contributed by atoms with van der Waals surface area (Å²) in [6, 6.07) is 1.27. The largest absolute Gasteiger partial charge is 0.480 e. The molecule has 0 spiro atoms. The maximum atomic E-state index is 11.5. The van der Waals surface area contributed by atoms with Crippen LogP contribution in [0.2, 0.25) is 0 Å². The highest BCUT2D eigenvalue weighted by atomic mass is 32.1. The highest BCUT2D eigenvalue weighted by Gasteiger charge is 2.35. The second-order valence-corrected chi connectivity index (χ2v) is 4.33. The van der Waals surface area contributed by atoms with E-state index in [9.17, 15) is 9.59 Å². The van der Waals surface area contributed by atoms with Crippen LogP contribution in [0, 0.1) is 0 Å². The van der Waals surface area contributed by atoms with Gasteiger partial charge in [0.15, 0.2) is 0 Å². The van der Waals surface area contributed by atoms with Crippen molar-refractivity contribution < 1.29 is 14.7 Å². The molecule has 1 aliphatic heterocycles. The summed E-state index contributed by atoms with van der Waals surface area (Å²) in [6.45, 7) is 0.416. The molecular weight excluding hydrogens is 214 g/mol. The van der Waals surface area contributed by atoms with Crippen molar-refractivity contribution >= 4 is 23.2 Å². The van der Waals surface area contributed by atoms with E-state index in [4.69, 9.17) is 5.11 Å². The quantitative estimate of drug-likeness (QED) is 0.844. The third-order valence-electron chi connectivity index (χ3n) is 2.55. The predicted octanol–water partition coefficient (Wildman–Crippen LogP) is 1.32. The normalized spacial score (nSPS) is 20.9. The van der Waals surface area contributed by atoms with Crippen LogP contribution >= 0.6 is 11.3 Å². The first kappa shape index (κ1) is 10.2. The molecule has 0 saturated carbocycles. The summed E-state index contributed by atoms with van der Waals surface area (Å²) in [4.78, 5) is 23.8. The van der Waals surface area contributed by atoms with Gasteiger partial charge in [-0.1, -0.05) is 0 Å². The molecule has 0 unspecified atom stereocenters. The minimum Gasteiger partial charge on any atom is -0.480 e. The average molecular weight is 225 g/mol. The Kier molecular flexibility index (Phi) is 2.73. The van der Waals surface area contributed by atoms with Crippen LogP contribution in [0.1, 0.15) is 18.4 Å². The number of likely N-dealkylation sites (tertiary alicyclic amines) is 1. The third kappa shape index (κ3) is 2.02. The zero-order valence-electron chi connectivity index (χ0n) is 8.05. The van der Waals surface area contributed by atoms with Crippen molar-refractivity contribution in [3.05, 3.63) is 22.4 Å². The summed E-state index contributed by atoms with van der Waals surface area (Å²) in [7, 11) is 0. The second kappa shape index (κ2) is 4.02. The summed E-state index contributed by atoms with van der Waals surface area (Å²) < 4.78 is 0. The van der Waals surface area contributed by atoms with E-state index in [0.29, 0.717) is 19.4 Å². The zero-order valence-corrected chi connectivity index (χ0v) is 8.87. The number of carbonyl (C=O) groups excluding carboxylic acids is 1. The number of aliphatic carboxylic acids is 1. The number of hydrogen-bond donors (Lipinski definition) is 1. The van der Waals surface area contributed by atoms with Crippen LogP contribution in [0.15, 0.2) is 16.8 Å². The second-order valence-electron chi connectivity index (χ2n) is 3.55. The SMILES string of the molecule is O=C(O)[C@@H]1CCC(=O)N1Cc1ccsc1. The Labute approximate surface area is 91.1 Å². The number of nitrogens with zero attached hydrogens (tertiary/aromatic N) is 1. The van der Waals surface area contributed by atoms with Crippen molar-refractivity contribution in [1.82, 2.24) is 4.90 Å². The maximum absolute atomic E-state index is 11.5. The van der Waals surface area contributed by atoms with Crippen LogP contribution in [-0.2, 0) is 16.1 Å². The Morgan fingerprint density at radius 2 is 2.47 bits per heavy atom. The minimum atomic E-state index is -0.906. The fraction of sp³-hybridized carbons (Fsp3) is 0.400. The fourth-order valence-corrected chi connectivity index (χ4v) is 2.43. The number of hydrogen-bond acceptors (Lipinski definition) is 3. The molecule has 80 valence electrons. The van der Waals surface area contributed by atoms with E-state index in [0.717, 1.165) is 5.56 Å². The molecule has 1 fully saturated rings. The summed E-state index contributed by atoms with van der Waals surface area (Å²) in [5.41, 5.74) is 1.00. The zero-order chi connectivity index (χ0) is 10.8. The lowest BCUT2D eigenvalue weighted by Crippen LogP contribution is -2.37. The highest BCUT2D eigenvalue weighted by molar-refractivity contribution is 7.07. The Morgan fingerprint density at radius 3 is 3.07 bits per heavy atom. The third-order valence-corrected chi connectivity index (χ3v) is 3.28. The van der Waals surface area contributed by atoms with E-state index >= 15 is 0 Å². The topological polar surface area (TPSA) is 57.6 Å². The van der Waals surface area contributed by atoms with Gasteiger partial charge in [-0.25, -0.2) is 4.79 Å². The Bertz CT molecular complexity index is 374. The summed E-state index contributed by atoms with van der Waals surface area (Å²) in [5.74, 6) is -0.968. The van der Waals surface area contributed by atoms with E-state index in [1.54, 1.807) is 11.3 Å². The predicted molar refractivity (Wildman–Crippen MR) is 55.5 cm³/mol. The molecule has 1 N–H and O–H groups in total. The number of carboxylic acid groups (broad SMARTS) is 1. The molecule has 5 heteroatoms. The van der Waals surface area contributed by atoms with Crippen LogP contribution in [0.5, 0.6) is 0 Å². The lowest BCUT2D eigenvalue weighted by molar-refractivity contribution is -0.146. The summed E-state index contributed by atoms with van der Waals surface area (Å²) in [6.07, 6.45) is 0.777. The molecular formula is C10H11NO3S. The van der Waals surface area contributed by atoms with Gasteiger partial charge in [-0.3, -0.25) is 4.79 Å². The number of carbonyl (C=O) groups is 2. The van der Waals surface area contributed by atoms with E-state index in [-0.39, 0.29) is 5.91 Å². The molecule has 0 radical (unpaired) electrons. The summed E-state index contributed by atoms with van der Waals surface area (Å²) >= 11 is 1.55. The monoisotopic (exact) mass is 225 g/mol. The first-order valence-corrected chi connectivity index (χ1v) is 5.66. The van der Waals surface area contributed by atoms with E-state index in [1.807, 2.05) is 16.8 Å². The van der Waals surface area contributed by atoms with E-state index in [1.165, 1.54) is 4.90 Å². The highest BCUT2D eigenvalue weighted by Crippen LogP contribution is 2.22. The van der Waals surface area contributed by atoms with E-state index in [2.05, 4.69) is 0 Å². The molecule has 2 heterocycles. The molecule has 0 bridgehead atoms. The molecule has 1 saturated heterocycles. The van der Waals surface area contributed by atoms with Gasteiger partial charge in [0, 0.05) is 13.0 Å². The Morgan fingerprint density at radius 1 is 1.67 bits per heavy atom. The first-order chi connectivity index (χ1) is 7.18. The van der Waals surface area contributed by atoms with Crippen molar-refractivity contribution in [2.24, 2.45) is 0 Å². The van der Waals surface area contributed by atoms with Crippen LogP contribution in [0.4, 0.5) is 0 Å². The molecule has 15 heavy (non-hydrogen) atoms. The van der Waals surface area contributed by atoms with Gasteiger partial charge in [0.1, 0.15) is 6.04 Å². The van der Waals surface area contributed by atoms with Crippen LogP contribution < -0.4 is 0 Å². The molecule has 1 aromatic heterocycles. The number of thiophene rings is 1. The van der Waals surface area contributed by atoms with Crippen LogP contribution in [0.3, 0.4) is 0 Å². The van der Waals surface area contributed by atoms with E-state index < -0.39 is 12.0 Å². The van der Waals surface area contributed by atoms with Gasteiger partial charge in [-0.15, -0.1) is 0 Å². The lowest BCUT2D eigenvalue weighted by Gasteiger charge is -2.20. The van der Waals surface area contributed by atoms with Crippen molar-refractivity contribution in [2.45, 2.75) is 25.4 Å². The molecule has 0 aromatic carbocycles. The fourth-order valence-electron chi connectivity index (χ4n) is 1.77. The van der Waals surface area contributed by atoms with Gasteiger partial charge in [-0.05, 0) is 28.8 Å². The number of amides is 1. The molecule has 1 aliphatic rings. The van der Waals surface area contributed by atoms with Crippen molar-refractivity contribution in [3.63, 3.8) is 0 Å². The first-order valence-electron chi connectivity index (χ1n) is 4.72. The Hall–Kier alpha value is -1.36. The smallest absolute Gasteiger partial charge is 0.326 e. The number of rotatable bonds is 3. The van der Waals surface area contributed by atoms with Gasteiger partial charge in [-0.2, -0.15) is 11.3 Å². The van der Waals surface area contributed by atoms with Crippen molar-refractivity contribution in [2.75, 3.05) is 0 Å². The van der Waals surface area contributed by atoms with Gasteiger partial charge in [0.2, 0.25) is 5.91 Å². The molecule has 1 atom stereocenters. The minimum absolute atomic E-state index is 0.0615. The molecule has 1 amide bonds. The van der Waals surface area contributed by atoms with Crippen molar-refractivity contribution in [1.29, 1.82) is 0 Å². The number of carboxylic acids is 1. The Balaban J connectivity index is 2.11. The van der Waals surface area contributed by atoms with Crippen LogP contribution in [0.25, 0.3) is 0 Å². The molecule has 4 nitrogen and oxygen atoms in total. The van der Waals surface area contributed by atoms with Gasteiger partial charge in [0.05, 0.1) is 0 Å². The van der Waals surface area contributed by atoms with Gasteiger partial charge >= 0.3 is 5.97 Å². The molecule has 2 rings (SSSR count). The van der Waals surface area contributed by atoms with Gasteiger partial charge < -0.3 is 10.0 Å².